The molecule has 0 fully saturated rings. The molecule has 0 aliphatic heterocycles. The predicted octanol–water partition coefficient (Wildman–Crippen LogP) is 2.81. The van der Waals surface area contributed by atoms with Crippen LogP contribution in [-0.4, -0.2) is 19.7 Å². The lowest BCUT2D eigenvalue weighted by molar-refractivity contribution is 0.215. The Morgan fingerprint density at radius 1 is 1.14 bits per heavy atom. The van der Waals surface area contributed by atoms with E-state index in [1.54, 1.807) is 43.5 Å². The van der Waals surface area contributed by atoms with Gasteiger partial charge in [-0.2, -0.15) is 0 Å². The molecule has 5 nitrogen and oxygen atoms in total. The summed E-state index contributed by atoms with van der Waals surface area (Å²) in [6.45, 7) is 0.594. The van der Waals surface area contributed by atoms with Gasteiger partial charge in [-0.3, -0.25) is 5.32 Å². The van der Waals surface area contributed by atoms with Crippen LogP contribution >= 0.6 is 0 Å². The van der Waals surface area contributed by atoms with Crippen LogP contribution in [0.4, 0.5) is 10.5 Å². The number of rotatable bonds is 5. The van der Waals surface area contributed by atoms with Crippen LogP contribution in [0.2, 0.25) is 0 Å². The van der Waals surface area contributed by atoms with Crippen molar-refractivity contribution in [3.63, 3.8) is 0 Å². The Kier molecular flexibility index (Phi) is 5.17. The predicted molar refractivity (Wildman–Crippen MR) is 81.8 cm³/mol. The number of carbonyl (C=O) groups excluding carboxylic acids is 1. The Balaban J connectivity index is 1.94. The second-order valence-electron chi connectivity index (χ2n) is 4.43. The number of anilines is 1. The van der Waals surface area contributed by atoms with Gasteiger partial charge < -0.3 is 15.2 Å². The molecule has 21 heavy (non-hydrogen) atoms. The Bertz CT molecular complexity index is 597. The zero-order valence-corrected chi connectivity index (χ0v) is 11.8. The molecule has 0 aromatic heterocycles. The monoisotopic (exact) mass is 286 g/mol. The van der Waals surface area contributed by atoms with Crippen LogP contribution in [0.1, 0.15) is 5.56 Å². The highest BCUT2D eigenvalue weighted by Gasteiger charge is 2.06. The summed E-state index contributed by atoms with van der Waals surface area (Å²) in [5, 5.41) is 2.64. The van der Waals surface area contributed by atoms with Gasteiger partial charge in [0.05, 0.1) is 7.11 Å². The average Bonchev–Trinajstić information content (AvgIpc) is 2.49. The first-order valence-corrected chi connectivity index (χ1v) is 6.63. The number of ether oxygens (including phenoxy) is 2. The number of benzene rings is 2. The van der Waals surface area contributed by atoms with Crippen LogP contribution in [0.5, 0.6) is 11.5 Å². The number of methoxy groups -OCH3 is 1. The van der Waals surface area contributed by atoms with E-state index in [4.69, 9.17) is 15.2 Å². The van der Waals surface area contributed by atoms with E-state index in [-0.39, 0.29) is 0 Å². The number of nitrogens with two attached hydrogens (primary N) is 1. The third kappa shape index (κ3) is 4.50. The fourth-order valence-corrected chi connectivity index (χ4v) is 1.84. The fraction of sp³-hybridized carbons (Fsp3) is 0.188. The fourth-order valence-electron chi connectivity index (χ4n) is 1.84. The topological polar surface area (TPSA) is 73.6 Å². The smallest absolute Gasteiger partial charge is 0.417 e. The van der Waals surface area contributed by atoms with E-state index in [2.05, 4.69) is 5.32 Å². The molecule has 0 spiro atoms. The van der Waals surface area contributed by atoms with Gasteiger partial charge in [0.1, 0.15) is 11.5 Å². The van der Waals surface area contributed by atoms with Crippen LogP contribution in [0.25, 0.3) is 0 Å². The van der Waals surface area contributed by atoms with Crippen molar-refractivity contribution >= 4 is 11.8 Å². The van der Waals surface area contributed by atoms with E-state index in [0.29, 0.717) is 23.7 Å². The van der Waals surface area contributed by atoms with E-state index in [1.807, 2.05) is 12.1 Å². The summed E-state index contributed by atoms with van der Waals surface area (Å²) in [6, 6.07) is 14.3. The summed E-state index contributed by atoms with van der Waals surface area (Å²) >= 11 is 0. The van der Waals surface area contributed by atoms with E-state index >= 15 is 0 Å². The van der Waals surface area contributed by atoms with Gasteiger partial charge in [-0.15, -0.1) is 0 Å². The van der Waals surface area contributed by atoms with Gasteiger partial charge in [0.15, 0.2) is 0 Å². The molecule has 0 heterocycles. The molecule has 0 radical (unpaired) electrons. The Morgan fingerprint density at radius 3 is 2.57 bits per heavy atom. The number of hydrogen-bond acceptors (Lipinski definition) is 4. The minimum absolute atomic E-state index is 0.483. The molecular weight excluding hydrogens is 268 g/mol. The lowest BCUT2D eigenvalue weighted by Gasteiger charge is -2.08. The largest absolute Gasteiger partial charge is 0.497 e. The van der Waals surface area contributed by atoms with Gasteiger partial charge in [0.2, 0.25) is 0 Å². The van der Waals surface area contributed by atoms with Crippen molar-refractivity contribution in [2.75, 3.05) is 19.0 Å². The van der Waals surface area contributed by atoms with E-state index < -0.39 is 6.09 Å². The zero-order chi connectivity index (χ0) is 15.1. The van der Waals surface area contributed by atoms with Gasteiger partial charge in [-0.25, -0.2) is 4.79 Å². The van der Waals surface area contributed by atoms with Crippen LogP contribution < -0.4 is 20.5 Å². The van der Waals surface area contributed by atoms with Gasteiger partial charge in [0, 0.05) is 11.8 Å². The molecule has 110 valence electrons. The first-order valence-electron chi connectivity index (χ1n) is 6.63. The molecule has 2 aromatic carbocycles. The van der Waals surface area contributed by atoms with Crippen molar-refractivity contribution in [3.8, 4) is 11.5 Å². The average molecular weight is 286 g/mol. The van der Waals surface area contributed by atoms with E-state index in [1.165, 1.54) is 0 Å². The summed E-state index contributed by atoms with van der Waals surface area (Å²) in [5.41, 5.74) is 7.20. The Labute approximate surface area is 123 Å². The molecule has 0 atom stereocenters. The maximum absolute atomic E-state index is 11.8. The number of amides is 1. The van der Waals surface area contributed by atoms with Crippen molar-refractivity contribution < 1.29 is 14.3 Å². The lowest BCUT2D eigenvalue weighted by atomic mass is 10.1. The first-order chi connectivity index (χ1) is 10.2. The molecule has 0 saturated carbocycles. The molecule has 2 rings (SSSR count). The first kappa shape index (κ1) is 14.9. The zero-order valence-electron chi connectivity index (χ0n) is 11.8. The quantitative estimate of drug-likeness (QED) is 0.886. The summed E-state index contributed by atoms with van der Waals surface area (Å²) in [6.07, 6.45) is 0.255. The second-order valence-corrected chi connectivity index (χ2v) is 4.43. The molecule has 0 aliphatic carbocycles. The molecule has 0 saturated heterocycles. The van der Waals surface area contributed by atoms with Crippen molar-refractivity contribution in [1.82, 2.24) is 0 Å². The summed E-state index contributed by atoms with van der Waals surface area (Å²) < 4.78 is 10.3. The minimum atomic E-state index is -0.546. The Morgan fingerprint density at radius 2 is 1.90 bits per heavy atom. The second kappa shape index (κ2) is 7.31. The summed E-state index contributed by atoms with van der Waals surface area (Å²) in [4.78, 5) is 11.8. The van der Waals surface area contributed by atoms with E-state index in [9.17, 15) is 4.79 Å². The highest BCUT2D eigenvalue weighted by molar-refractivity contribution is 5.86. The van der Waals surface area contributed by atoms with Gasteiger partial charge in [0.25, 0.3) is 0 Å². The molecule has 1 amide bonds. The third-order valence-corrected chi connectivity index (χ3v) is 2.88. The van der Waals surface area contributed by atoms with Crippen molar-refractivity contribution in [3.05, 3.63) is 54.1 Å². The van der Waals surface area contributed by atoms with Crippen LogP contribution in [0.3, 0.4) is 0 Å². The number of nitrogens with one attached hydrogen (secondary N) is 1. The van der Waals surface area contributed by atoms with Gasteiger partial charge >= 0.3 is 6.09 Å². The molecule has 3 N–H and O–H groups in total. The standard InChI is InChI=1S/C16H18N2O3/c1-20-15-4-2-3-13(11-15)18-16(19)21-14-7-5-12(6-8-14)9-10-17/h2-8,11H,9-10,17H2,1H3,(H,18,19). The molecule has 2 aromatic rings. The third-order valence-electron chi connectivity index (χ3n) is 2.88. The van der Waals surface area contributed by atoms with Crippen molar-refractivity contribution in [2.45, 2.75) is 6.42 Å². The van der Waals surface area contributed by atoms with Crippen molar-refractivity contribution in [2.24, 2.45) is 5.73 Å². The molecule has 5 heteroatoms. The maximum Gasteiger partial charge on any atom is 0.417 e. The molecule has 0 unspecified atom stereocenters. The molecule has 0 aliphatic rings. The minimum Gasteiger partial charge on any atom is -0.497 e. The highest BCUT2D eigenvalue weighted by Crippen LogP contribution is 2.18. The molecular formula is C16H18N2O3. The highest BCUT2D eigenvalue weighted by atomic mass is 16.6. The van der Waals surface area contributed by atoms with Gasteiger partial charge in [-0.1, -0.05) is 18.2 Å². The normalized spacial score (nSPS) is 10.0. The number of hydrogen-bond donors (Lipinski definition) is 2. The number of carbonyl (C=O) groups is 1. The van der Waals surface area contributed by atoms with Crippen molar-refractivity contribution in [1.29, 1.82) is 0 Å². The van der Waals surface area contributed by atoms with E-state index in [0.717, 1.165) is 12.0 Å². The van der Waals surface area contributed by atoms with Crippen LogP contribution in [-0.2, 0) is 6.42 Å². The lowest BCUT2D eigenvalue weighted by Crippen LogP contribution is -2.16. The maximum atomic E-state index is 11.8. The SMILES string of the molecule is COc1cccc(NC(=O)Oc2ccc(CCN)cc2)c1. The van der Waals surface area contributed by atoms with Gasteiger partial charge in [-0.05, 0) is 42.8 Å². The van der Waals surface area contributed by atoms with Crippen LogP contribution in [0, 0.1) is 0 Å². The Hall–Kier alpha value is -2.53. The van der Waals surface area contributed by atoms with Crippen LogP contribution in [0.15, 0.2) is 48.5 Å². The molecule has 0 bridgehead atoms. The summed E-state index contributed by atoms with van der Waals surface area (Å²) in [5.74, 6) is 1.15. The summed E-state index contributed by atoms with van der Waals surface area (Å²) in [7, 11) is 1.57.